The Morgan fingerprint density at radius 2 is 1.94 bits per heavy atom. The van der Waals surface area contributed by atoms with E-state index < -0.39 is 0 Å². The average Bonchev–Trinajstić information content (AvgIpc) is 3.27. The number of amides is 1. The predicted molar refractivity (Wildman–Crippen MR) is 146 cm³/mol. The summed E-state index contributed by atoms with van der Waals surface area (Å²) in [7, 11) is 1.73. The maximum absolute atomic E-state index is 11.3. The smallest absolute Gasteiger partial charge is 0.220 e. The van der Waals surface area contributed by atoms with Crippen LogP contribution < -0.4 is 26.0 Å². The second kappa shape index (κ2) is 14.5. The van der Waals surface area contributed by atoms with E-state index in [2.05, 4.69) is 39.5 Å². The van der Waals surface area contributed by atoms with Gasteiger partial charge in [-0.15, -0.1) is 24.0 Å². The Morgan fingerprint density at radius 1 is 1.18 bits per heavy atom. The first-order chi connectivity index (χ1) is 15.6. The van der Waals surface area contributed by atoms with Crippen LogP contribution in [0.4, 0.5) is 5.69 Å². The quantitative estimate of drug-likeness (QED) is 0.173. The van der Waals surface area contributed by atoms with Crippen LogP contribution in [0, 0.1) is 5.92 Å². The normalized spacial score (nSPS) is 19.8. The van der Waals surface area contributed by atoms with Crippen molar-refractivity contribution in [2.75, 3.05) is 57.8 Å². The molecule has 2 heterocycles. The van der Waals surface area contributed by atoms with E-state index >= 15 is 0 Å². The van der Waals surface area contributed by atoms with Crippen LogP contribution in [0.2, 0.25) is 0 Å². The number of aliphatic imine (C=N–C) groups is 1. The number of guanidine groups is 1. The number of nitrogens with one attached hydrogen (secondary N) is 2. The molecule has 1 atom stereocenters. The fourth-order valence-electron chi connectivity index (χ4n) is 4.58. The van der Waals surface area contributed by atoms with Gasteiger partial charge in [0.2, 0.25) is 5.91 Å². The highest BCUT2D eigenvalue weighted by Crippen LogP contribution is 2.30. The number of nitrogens with two attached hydrogens (primary N) is 1. The Morgan fingerprint density at radius 3 is 2.64 bits per heavy atom. The zero-order chi connectivity index (χ0) is 22.8. The van der Waals surface area contributed by atoms with Crippen LogP contribution in [0.15, 0.2) is 29.3 Å². The number of methoxy groups -OCH3 is 1. The molecule has 1 unspecified atom stereocenters. The summed E-state index contributed by atoms with van der Waals surface area (Å²) in [6.07, 6.45) is 5.05. The lowest BCUT2D eigenvalue weighted by atomic mass is 9.96. The van der Waals surface area contributed by atoms with Crippen molar-refractivity contribution >= 4 is 41.5 Å². The van der Waals surface area contributed by atoms with Crippen molar-refractivity contribution in [3.63, 3.8) is 0 Å². The van der Waals surface area contributed by atoms with E-state index in [0.717, 1.165) is 95.3 Å². The molecule has 0 radical (unpaired) electrons. The lowest BCUT2D eigenvalue weighted by Crippen LogP contribution is -2.44. The number of likely N-dealkylation sites (tertiary alicyclic amines) is 1. The second-order valence-corrected chi connectivity index (χ2v) is 8.73. The highest BCUT2D eigenvalue weighted by atomic mass is 127. The molecule has 1 aromatic rings. The summed E-state index contributed by atoms with van der Waals surface area (Å²) in [6.45, 7) is 8.73. The molecule has 33 heavy (non-hydrogen) atoms. The molecule has 0 saturated carbocycles. The number of carbonyl (C=O) groups excluding carboxylic acids is 1. The van der Waals surface area contributed by atoms with Crippen molar-refractivity contribution in [1.82, 2.24) is 15.5 Å². The van der Waals surface area contributed by atoms with E-state index in [1.807, 2.05) is 12.1 Å². The fourth-order valence-corrected chi connectivity index (χ4v) is 4.58. The summed E-state index contributed by atoms with van der Waals surface area (Å²) in [4.78, 5) is 20.9. The highest BCUT2D eigenvalue weighted by molar-refractivity contribution is 14.0. The lowest BCUT2D eigenvalue weighted by molar-refractivity contribution is -0.123. The van der Waals surface area contributed by atoms with Crippen molar-refractivity contribution < 1.29 is 9.53 Å². The highest BCUT2D eigenvalue weighted by Gasteiger charge is 2.25. The van der Waals surface area contributed by atoms with Crippen LogP contribution in [0.5, 0.6) is 5.75 Å². The Labute approximate surface area is 215 Å². The van der Waals surface area contributed by atoms with Gasteiger partial charge in [-0.2, -0.15) is 0 Å². The van der Waals surface area contributed by atoms with E-state index in [4.69, 9.17) is 15.5 Å². The van der Waals surface area contributed by atoms with Crippen molar-refractivity contribution in [1.29, 1.82) is 0 Å². The lowest BCUT2D eigenvalue weighted by Gasteiger charge is -2.30. The van der Waals surface area contributed by atoms with E-state index in [1.165, 1.54) is 0 Å². The van der Waals surface area contributed by atoms with Gasteiger partial charge in [0.25, 0.3) is 0 Å². The van der Waals surface area contributed by atoms with Gasteiger partial charge in [-0.25, -0.2) is 0 Å². The number of nitrogens with zero attached hydrogens (tertiary/aromatic N) is 3. The topological polar surface area (TPSA) is 95.2 Å². The van der Waals surface area contributed by atoms with Gasteiger partial charge < -0.3 is 30.9 Å². The molecule has 1 aromatic carbocycles. The molecule has 4 N–H and O–H groups in total. The number of halogens is 1. The summed E-state index contributed by atoms with van der Waals surface area (Å²) >= 11 is 0. The number of piperidine rings is 1. The molecule has 2 saturated heterocycles. The molecule has 1 amide bonds. The van der Waals surface area contributed by atoms with Crippen LogP contribution in [0.3, 0.4) is 0 Å². The molecular weight excluding hydrogens is 531 g/mol. The van der Waals surface area contributed by atoms with E-state index in [1.54, 1.807) is 7.11 Å². The van der Waals surface area contributed by atoms with Gasteiger partial charge in [0.15, 0.2) is 5.96 Å². The standard InChI is InChI=1S/C24H40N6O2.HI/c1-3-26-24(27-13-6-7-14-29-15-10-19(11-16-29)23(25)31)28-20-12-17-30(18-20)21-8-4-5-9-22(21)32-2;/h4-5,8-9,19-20H,3,6-7,10-18H2,1-2H3,(H2,25,31)(H2,26,27,28);1H. The van der Waals surface area contributed by atoms with Crippen LogP contribution >= 0.6 is 24.0 Å². The van der Waals surface area contributed by atoms with Gasteiger partial charge in [0.05, 0.1) is 12.8 Å². The molecule has 0 aliphatic carbocycles. The summed E-state index contributed by atoms with van der Waals surface area (Å²) in [5.41, 5.74) is 6.58. The number of hydrogen-bond donors (Lipinski definition) is 3. The second-order valence-electron chi connectivity index (χ2n) is 8.73. The summed E-state index contributed by atoms with van der Waals surface area (Å²) < 4.78 is 5.53. The number of carbonyl (C=O) groups is 1. The zero-order valence-corrected chi connectivity index (χ0v) is 22.4. The van der Waals surface area contributed by atoms with E-state index in [9.17, 15) is 4.79 Å². The Hall–Kier alpha value is -1.75. The molecule has 9 heteroatoms. The third-order valence-electron chi connectivity index (χ3n) is 6.44. The number of para-hydroxylation sites is 2. The molecule has 0 bridgehead atoms. The Bertz CT molecular complexity index is 754. The molecule has 3 rings (SSSR count). The molecule has 186 valence electrons. The molecule has 8 nitrogen and oxygen atoms in total. The number of unbranched alkanes of at least 4 members (excludes halogenated alkanes) is 1. The first-order valence-electron chi connectivity index (χ1n) is 12.0. The Kier molecular flexibility index (Phi) is 12.1. The van der Waals surface area contributed by atoms with Gasteiger partial charge in [-0.3, -0.25) is 9.79 Å². The monoisotopic (exact) mass is 572 g/mol. The van der Waals surface area contributed by atoms with E-state index in [-0.39, 0.29) is 35.8 Å². The third kappa shape index (κ3) is 8.51. The van der Waals surface area contributed by atoms with Crippen LogP contribution in [0.1, 0.15) is 39.0 Å². The molecule has 2 aliphatic rings. The summed E-state index contributed by atoms with van der Waals surface area (Å²) in [5, 5.41) is 7.00. The molecule has 2 fully saturated rings. The third-order valence-corrected chi connectivity index (χ3v) is 6.44. The minimum Gasteiger partial charge on any atom is -0.495 e. The molecule has 0 spiro atoms. The van der Waals surface area contributed by atoms with Crippen molar-refractivity contribution in [2.45, 2.75) is 45.1 Å². The van der Waals surface area contributed by atoms with Crippen molar-refractivity contribution in [2.24, 2.45) is 16.6 Å². The van der Waals surface area contributed by atoms with Gasteiger partial charge in [-0.1, -0.05) is 12.1 Å². The van der Waals surface area contributed by atoms with Gasteiger partial charge in [0, 0.05) is 38.1 Å². The molecule has 0 aromatic heterocycles. The minimum absolute atomic E-state index is 0. The minimum atomic E-state index is -0.143. The van der Waals surface area contributed by atoms with Crippen molar-refractivity contribution in [3.8, 4) is 5.75 Å². The maximum Gasteiger partial charge on any atom is 0.220 e. The van der Waals surface area contributed by atoms with Gasteiger partial charge in [0.1, 0.15) is 5.75 Å². The number of anilines is 1. The number of benzene rings is 1. The largest absolute Gasteiger partial charge is 0.495 e. The summed E-state index contributed by atoms with van der Waals surface area (Å²) in [5.74, 6) is 1.75. The predicted octanol–water partition coefficient (Wildman–Crippen LogP) is 2.42. The number of rotatable bonds is 10. The first-order valence-corrected chi connectivity index (χ1v) is 12.0. The van der Waals surface area contributed by atoms with Gasteiger partial charge >= 0.3 is 0 Å². The zero-order valence-electron chi connectivity index (χ0n) is 20.1. The van der Waals surface area contributed by atoms with Crippen molar-refractivity contribution in [3.05, 3.63) is 24.3 Å². The van der Waals surface area contributed by atoms with E-state index in [0.29, 0.717) is 6.04 Å². The van der Waals surface area contributed by atoms with Crippen LogP contribution in [-0.4, -0.2) is 75.7 Å². The average molecular weight is 573 g/mol. The number of ether oxygens (including phenoxy) is 1. The molecular formula is C24H41IN6O2. The number of hydrogen-bond acceptors (Lipinski definition) is 5. The molecule has 2 aliphatic heterocycles. The number of primary amides is 1. The SMILES string of the molecule is CCNC(=NCCCCN1CCC(C(N)=O)CC1)NC1CCN(c2ccccc2OC)C1.I. The van der Waals surface area contributed by atoms with Crippen LogP contribution in [-0.2, 0) is 4.79 Å². The Balaban J connectivity index is 0.00000385. The first kappa shape index (κ1) is 27.5. The van der Waals surface area contributed by atoms with Gasteiger partial charge in [-0.05, 0) is 70.8 Å². The summed E-state index contributed by atoms with van der Waals surface area (Å²) in [6, 6.07) is 8.57. The fraction of sp³-hybridized carbons (Fsp3) is 0.667. The maximum atomic E-state index is 11.3. The van der Waals surface area contributed by atoms with Crippen LogP contribution in [0.25, 0.3) is 0 Å².